The fraction of sp³-hybridized carbons (Fsp3) is 0.182. The zero-order valence-corrected chi connectivity index (χ0v) is 10.3. The van der Waals surface area contributed by atoms with Crippen LogP contribution < -0.4 is 10.9 Å². The molecule has 1 aromatic carbocycles. The van der Waals surface area contributed by atoms with Crippen molar-refractivity contribution in [1.82, 2.24) is 10.9 Å². The highest BCUT2D eigenvalue weighted by molar-refractivity contribution is 9.10. The van der Waals surface area contributed by atoms with Crippen molar-refractivity contribution in [3.8, 4) is 0 Å². The number of hydrogen-bond donors (Lipinski definition) is 2. The number of hydrogen-bond acceptors (Lipinski definition) is 2. The molecule has 0 bridgehead atoms. The Kier molecular flexibility index (Phi) is 4.52. The van der Waals surface area contributed by atoms with Crippen molar-refractivity contribution in [2.24, 2.45) is 0 Å². The number of carbonyl (C=O) groups is 1. The molecule has 0 fully saturated rings. The maximum absolute atomic E-state index is 11.2. The lowest BCUT2D eigenvalue weighted by atomic mass is 10.1. The van der Waals surface area contributed by atoms with E-state index in [1.54, 1.807) is 13.1 Å². The van der Waals surface area contributed by atoms with Crippen LogP contribution in [-0.4, -0.2) is 13.0 Å². The lowest BCUT2D eigenvalue weighted by Crippen LogP contribution is -2.32. The van der Waals surface area contributed by atoms with Gasteiger partial charge in [-0.15, -0.1) is 0 Å². The minimum atomic E-state index is -0.157. The van der Waals surface area contributed by atoms with Gasteiger partial charge in [0, 0.05) is 17.6 Å². The summed E-state index contributed by atoms with van der Waals surface area (Å²) in [7, 11) is 1.65. The first-order valence-corrected chi connectivity index (χ1v) is 5.33. The second-order valence-corrected chi connectivity index (χ2v) is 3.99. The van der Waals surface area contributed by atoms with Gasteiger partial charge in [-0.3, -0.25) is 10.2 Å². The van der Waals surface area contributed by atoms with E-state index in [0.29, 0.717) is 0 Å². The first kappa shape index (κ1) is 11.9. The summed E-state index contributed by atoms with van der Waals surface area (Å²) < 4.78 is 1.00. The average molecular weight is 269 g/mol. The standard InChI is InChI=1S/C11H13BrN2O/c1-8(6-11(15)14-13-2)9-4-3-5-10(12)7-9/h3-7,13H,1-2H3,(H,14,15)/b8-6+. The van der Waals surface area contributed by atoms with Crippen molar-refractivity contribution in [3.63, 3.8) is 0 Å². The third-order valence-electron chi connectivity index (χ3n) is 1.88. The van der Waals surface area contributed by atoms with E-state index in [9.17, 15) is 4.79 Å². The number of rotatable bonds is 3. The van der Waals surface area contributed by atoms with Crippen molar-refractivity contribution in [2.45, 2.75) is 6.92 Å². The van der Waals surface area contributed by atoms with Crippen LogP contribution in [-0.2, 0) is 4.79 Å². The van der Waals surface area contributed by atoms with Crippen molar-refractivity contribution >= 4 is 27.4 Å². The molecule has 1 rings (SSSR count). The lowest BCUT2D eigenvalue weighted by molar-refractivity contribution is -0.117. The number of nitrogens with one attached hydrogen (secondary N) is 2. The van der Waals surface area contributed by atoms with E-state index >= 15 is 0 Å². The third-order valence-corrected chi connectivity index (χ3v) is 2.37. The molecule has 1 amide bonds. The molecule has 0 radical (unpaired) electrons. The molecule has 0 saturated heterocycles. The molecular weight excluding hydrogens is 256 g/mol. The molecular formula is C11H13BrN2O. The van der Waals surface area contributed by atoms with Crippen LogP contribution >= 0.6 is 15.9 Å². The molecule has 15 heavy (non-hydrogen) atoms. The zero-order valence-electron chi connectivity index (χ0n) is 8.67. The summed E-state index contributed by atoms with van der Waals surface area (Å²) in [5, 5.41) is 0. The molecule has 0 aliphatic heterocycles. The molecule has 0 atom stereocenters. The fourth-order valence-electron chi connectivity index (χ4n) is 1.17. The second-order valence-electron chi connectivity index (χ2n) is 3.08. The lowest BCUT2D eigenvalue weighted by Gasteiger charge is -2.03. The van der Waals surface area contributed by atoms with Gasteiger partial charge >= 0.3 is 0 Å². The molecule has 1 aromatic rings. The van der Waals surface area contributed by atoms with Gasteiger partial charge in [0.1, 0.15) is 0 Å². The van der Waals surface area contributed by atoms with E-state index in [2.05, 4.69) is 26.8 Å². The van der Waals surface area contributed by atoms with Crippen LogP contribution in [0.25, 0.3) is 5.57 Å². The van der Waals surface area contributed by atoms with E-state index in [4.69, 9.17) is 0 Å². The molecule has 0 heterocycles. The van der Waals surface area contributed by atoms with Crippen LogP contribution in [0.4, 0.5) is 0 Å². The largest absolute Gasteiger partial charge is 0.288 e. The van der Waals surface area contributed by atoms with Crippen LogP contribution in [0, 0.1) is 0 Å². The van der Waals surface area contributed by atoms with E-state index in [0.717, 1.165) is 15.6 Å². The maximum Gasteiger partial charge on any atom is 0.258 e. The van der Waals surface area contributed by atoms with Gasteiger partial charge in [0.25, 0.3) is 5.91 Å². The molecule has 0 spiro atoms. The van der Waals surface area contributed by atoms with Gasteiger partial charge in [-0.25, -0.2) is 5.43 Å². The van der Waals surface area contributed by atoms with Crippen LogP contribution in [0.5, 0.6) is 0 Å². The summed E-state index contributed by atoms with van der Waals surface area (Å²) in [5.41, 5.74) is 7.01. The molecule has 0 aliphatic carbocycles. The van der Waals surface area contributed by atoms with Crippen LogP contribution in [0.1, 0.15) is 12.5 Å². The van der Waals surface area contributed by atoms with Gasteiger partial charge in [-0.1, -0.05) is 28.1 Å². The minimum Gasteiger partial charge on any atom is -0.288 e. The normalized spacial score (nSPS) is 11.3. The molecule has 2 N–H and O–H groups in total. The summed E-state index contributed by atoms with van der Waals surface area (Å²) in [6, 6.07) is 7.82. The number of amides is 1. The van der Waals surface area contributed by atoms with E-state index in [-0.39, 0.29) is 5.91 Å². The van der Waals surface area contributed by atoms with Gasteiger partial charge < -0.3 is 0 Å². The van der Waals surface area contributed by atoms with Crippen molar-refractivity contribution in [3.05, 3.63) is 40.4 Å². The summed E-state index contributed by atoms with van der Waals surface area (Å²) in [6.45, 7) is 1.90. The van der Waals surface area contributed by atoms with Crippen LogP contribution in [0.3, 0.4) is 0 Å². The quantitative estimate of drug-likeness (QED) is 0.651. The smallest absolute Gasteiger partial charge is 0.258 e. The van der Waals surface area contributed by atoms with E-state index in [1.807, 2.05) is 31.2 Å². The average Bonchev–Trinajstić information content (AvgIpc) is 2.18. The number of allylic oxidation sites excluding steroid dienone is 1. The van der Waals surface area contributed by atoms with E-state index < -0.39 is 0 Å². The highest BCUT2D eigenvalue weighted by atomic mass is 79.9. The molecule has 4 heteroatoms. The van der Waals surface area contributed by atoms with Gasteiger partial charge in [-0.2, -0.15) is 0 Å². The third kappa shape index (κ3) is 3.85. The molecule has 80 valence electrons. The number of benzene rings is 1. The first-order chi connectivity index (χ1) is 7.13. The summed E-state index contributed by atoms with van der Waals surface area (Å²) in [6.07, 6.45) is 1.55. The highest BCUT2D eigenvalue weighted by Gasteiger charge is 1.99. The topological polar surface area (TPSA) is 41.1 Å². The maximum atomic E-state index is 11.2. The number of carbonyl (C=O) groups excluding carboxylic acids is 1. The summed E-state index contributed by atoms with van der Waals surface area (Å²) in [4.78, 5) is 11.2. The molecule has 0 unspecified atom stereocenters. The molecule has 0 aromatic heterocycles. The summed E-state index contributed by atoms with van der Waals surface area (Å²) in [5.74, 6) is -0.157. The Morgan fingerprint density at radius 3 is 2.80 bits per heavy atom. The Labute approximate surface area is 97.7 Å². The first-order valence-electron chi connectivity index (χ1n) is 4.54. The fourth-order valence-corrected chi connectivity index (χ4v) is 1.57. The minimum absolute atomic E-state index is 0.157. The van der Waals surface area contributed by atoms with Gasteiger partial charge in [0.15, 0.2) is 0 Å². The SMILES string of the molecule is CNNC(=O)/C=C(\C)c1cccc(Br)c1. The van der Waals surface area contributed by atoms with Crippen molar-refractivity contribution < 1.29 is 4.79 Å². The van der Waals surface area contributed by atoms with Crippen molar-refractivity contribution in [1.29, 1.82) is 0 Å². The number of halogens is 1. The Balaban J connectivity index is 2.84. The van der Waals surface area contributed by atoms with Gasteiger partial charge in [-0.05, 0) is 30.2 Å². The Morgan fingerprint density at radius 2 is 2.20 bits per heavy atom. The molecule has 0 saturated carbocycles. The molecule has 0 aliphatic rings. The molecule has 3 nitrogen and oxygen atoms in total. The van der Waals surface area contributed by atoms with Crippen LogP contribution in [0.15, 0.2) is 34.8 Å². The Hall–Kier alpha value is -1.13. The van der Waals surface area contributed by atoms with Gasteiger partial charge in [0.2, 0.25) is 0 Å². The van der Waals surface area contributed by atoms with Crippen molar-refractivity contribution in [2.75, 3.05) is 7.05 Å². The second kappa shape index (κ2) is 5.68. The Morgan fingerprint density at radius 1 is 1.47 bits per heavy atom. The van der Waals surface area contributed by atoms with Gasteiger partial charge in [0.05, 0.1) is 0 Å². The predicted molar refractivity (Wildman–Crippen MR) is 65.0 cm³/mol. The van der Waals surface area contributed by atoms with Crippen LogP contribution in [0.2, 0.25) is 0 Å². The van der Waals surface area contributed by atoms with E-state index in [1.165, 1.54) is 0 Å². The highest BCUT2D eigenvalue weighted by Crippen LogP contribution is 2.18. The number of hydrazine groups is 1. The Bertz CT molecular complexity index is 388. The summed E-state index contributed by atoms with van der Waals surface area (Å²) >= 11 is 3.39. The zero-order chi connectivity index (χ0) is 11.3. The predicted octanol–water partition coefficient (Wildman–Crippen LogP) is 2.10. The monoisotopic (exact) mass is 268 g/mol.